The van der Waals surface area contributed by atoms with E-state index >= 15 is 0 Å². The van der Waals surface area contributed by atoms with Gasteiger partial charge < -0.3 is 9.84 Å². The van der Waals surface area contributed by atoms with E-state index in [1.165, 1.54) is 13.2 Å². The summed E-state index contributed by atoms with van der Waals surface area (Å²) in [6.07, 6.45) is -4.48. The van der Waals surface area contributed by atoms with Crippen molar-refractivity contribution in [1.29, 1.82) is 0 Å². The van der Waals surface area contributed by atoms with Gasteiger partial charge in [0, 0.05) is 11.1 Å². The molecule has 1 aromatic carbocycles. The van der Waals surface area contributed by atoms with Crippen LogP contribution in [0.25, 0.3) is 11.1 Å². The number of aromatic carboxylic acids is 1. The Morgan fingerprint density at radius 2 is 1.95 bits per heavy atom. The molecule has 0 radical (unpaired) electrons. The molecule has 2 aromatic rings. The Labute approximate surface area is 116 Å². The zero-order chi connectivity index (χ0) is 14.9. The van der Waals surface area contributed by atoms with Crippen molar-refractivity contribution in [3.8, 4) is 16.9 Å². The first-order valence-electron chi connectivity index (χ1n) is 5.41. The lowest BCUT2D eigenvalue weighted by Gasteiger charge is -2.12. The second kappa shape index (κ2) is 5.16. The zero-order valence-electron chi connectivity index (χ0n) is 10.2. The number of alkyl halides is 3. The minimum absolute atomic E-state index is 0.0132. The third-order valence-corrected chi connectivity index (χ3v) is 3.58. The second-order valence-corrected chi connectivity index (χ2v) is 4.80. The number of benzene rings is 1. The van der Waals surface area contributed by atoms with Crippen LogP contribution in [0.5, 0.6) is 5.75 Å². The molecule has 1 N–H and O–H groups in total. The van der Waals surface area contributed by atoms with E-state index in [-0.39, 0.29) is 10.6 Å². The number of halogens is 3. The van der Waals surface area contributed by atoms with Crippen LogP contribution in [0.15, 0.2) is 29.6 Å². The van der Waals surface area contributed by atoms with Crippen LogP contribution in [0.3, 0.4) is 0 Å². The first-order valence-corrected chi connectivity index (χ1v) is 6.29. The third-order valence-electron chi connectivity index (χ3n) is 2.68. The van der Waals surface area contributed by atoms with E-state index in [9.17, 15) is 18.0 Å². The van der Waals surface area contributed by atoms with Crippen LogP contribution in [0.1, 0.15) is 15.2 Å². The summed E-state index contributed by atoms with van der Waals surface area (Å²) in [5.74, 6) is -1.14. The molecule has 106 valence electrons. The average molecular weight is 302 g/mol. The molecule has 3 nitrogen and oxygen atoms in total. The maximum absolute atomic E-state index is 12.6. The predicted molar refractivity (Wildman–Crippen MR) is 68.3 cm³/mol. The molecule has 0 unspecified atom stereocenters. The summed E-state index contributed by atoms with van der Waals surface area (Å²) in [6, 6.07) is 4.52. The summed E-state index contributed by atoms with van der Waals surface area (Å²) in [6.45, 7) is 0. The molecule has 7 heteroatoms. The van der Waals surface area contributed by atoms with Crippen molar-refractivity contribution in [2.45, 2.75) is 6.18 Å². The normalized spacial score (nSPS) is 11.4. The van der Waals surface area contributed by atoms with Gasteiger partial charge in [-0.3, -0.25) is 0 Å². The number of hydrogen-bond acceptors (Lipinski definition) is 3. The quantitative estimate of drug-likeness (QED) is 0.927. The molecule has 0 aliphatic carbocycles. The summed E-state index contributed by atoms with van der Waals surface area (Å²) in [5.41, 5.74) is -0.183. The van der Waals surface area contributed by atoms with Crippen molar-refractivity contribution < 1.29 is 27.8 Å². The summed E-state index contributed by atoms with van der Waals surface area (Å²) in [5, 5.41) is 10.6. The Bertz CT molecular complexity index is 647. The maximum Gasteiger partial charge on any atom is 0.416 e. The van der Waals surface area contributed by atoms with Gasteiger partial charge in [-0.15, -0.1) is 11.3 Å². The summed E-state index contributed by atoms with van der Waals surface area (Å²) in [7, 11) is 1.24. The van der Waals surface area contributed by atoms with E-state index in [0.717, 1.165) is 23.5 Å². The lowest BCUT2D eigenvalue weighted by molar-refractivity contribution is -0.137. The van der Waals surface area contributed by atoms with E-state index in [0.29, 0.717) is 11.1 Å². The lowest BCUT2D eigenvalue weighted by Crippen LogP contribution is -2.05. The van der Waals surface area contributed by atoms with Gasteiger partial charge in [-0.05, 0) is 29.6 Å². The molecule has 0 aliphatic rings. The molecule has 0 spiro atoms. The number of rotatable bonds is 3. The van der Waals surface area contributed by atoms with Gasteiger partial charge in [0.05, 0.1) is 12.7 Å². The van der Waals surface area contributed by atoms with Crippen LogP contribution >= 0.6 is 11.3 Å². The van der Waals surface area contributed by atoms with Gasteiger partial charge in [0.15, 0.2) is 0 Å². The van der Waals surface area contributed by atoms with Gasteiger partial charge in [0.25, 0.3) is 0 Å². The van der Waals surface area contributed by atoms with Crippen LogP contribution < -0.4 is 4.74 Å². The SMILES string of the molecule is COc1cc(C(F)(F)F)ccc1-c1ccsc1C(=O)O. The number of methoxy groups -OCH3 is 1. The van der Waals surface area contributed by atoms with Crippen molar-refractivity contribution in [1.82, 2.24) is 0 Å². The number of carboxylic acid groups (broad SMARTS) is 1. The van der Waals surface area contributed by atoms with Crippen molar-refractivity contribution in [2.24, 2.45) is 0 Å². The van der Waals surface area contributed by atoms with Crippen LogP contribution in [-0.4, -0.2) is 18.2 Å². The Hall–Kier alpha value is -2.02. The highest BCUT2D eigenvalue weighted by Crippen LogP contribution is 2.39. The summed E-state index contributed by atoms with van der Waals surface area (Å²) in [4.78, 5) is 11.1. The molecule has 0 bridgehead atoms. The van der Waals surface area contributed by atoms with Crippen LogP contribution in [0, 0.1) is 0 Å². The molecule has 2 rings (SSSR count). The minimum Gasteiger partial charge on any atom is -0.496 e. The molecular formula is C13H9F3O3S. The van der Waals surface area contributed by atoms with Crippen LogP contribution in [-0.2, 0) is 6.18 Å². The number of ether oxygens (including phenoxy) is 1. The third kappa shape index (κ3) is 2.62. The Morgan fingerprint density at radius 3 is 2.50 bits per heavy atom. The Kier molecular flexibility index (Phi) is 3.71. The number of hydrogen-bond donors (Lipinski definition) is 1. The average Bonchev–Trinajstić information content (AvgIpc) is 2.86. The van der Waals surface area contributed by atoms with Gasteiger partial charge in [-0.2, -0.15) is 13.2 Å². The van der Waals surface area contributed by atoms with Gasteiger partial charge >= 0.3 is 12.1 Å². The largest absolute Gasteiger partial charge is 0.496 e. The smallest absolute Gasteiger partial charge is 0.416 e. The molecule has 0 fully saturated rings. The lowest BCUT2D eigenvalue weighted by atomic mass is 10.0. The Morgan fingerprint density at radius 1 is 1.25 bits per heavy atom. The molecule has 0 amide bonds. The minimum atomic E-state index is -4.48. The fourth-order valence-corrected chi connectivity index (χ4v) is 2.52. The number of carbonyl (C=O) groups is 1. The van der Waals surface area contributed by atoms with Gasteiger partial charge in [0.2, 0.25) is 0 Å². The van der Waals surface area contributed by atoms with Crippen molar-refractivity contribution in [3.63, 3.8) is 0 Å². The molecular weight excluding hydrogens is 293 g/mol. The predicted octanol–water partition coefficient (Wildman–Crippen LogP) is 4.14. The van der Waals surface area contributed by atoms with E-state index in [2.05, 4.69) is 0 Å². The zero-order valence-corrected chi connectivity index (χ0v) is 11.0. The standard InChI is InChI=1S/C13H9F3O3S/c1-19-10-6-7(13(14,15)16)2-3-8(10)9-4-5-20-11(9)12(17)18/h2-6H,1H3,(H,17,18). The highest BCUT2D eigenvalue weighted by atomic mass is 32.1. The fraction of sp³-hybridized carbons (Fsp3) is 0.154. The molecule has 20 heavy (non-hydrogen) atoms. The van der Waals surface area contributed by atoms with Gasteiger partial charge in [-0.1, -0.05) is 0 Å². The van der Waals surface area contributed by atoms with Crippen molar-refractivity contribution in [2.75, 3.05) is 7.11 Å². The molecule has 1 aromatic heterocycles. The van der Waals surface area contributed by atoms with Crippen LogP contribution in [0.2, 0.25) is 0 Å². The fourth-order valence-electron chi connectivity index (χ4n) is 1.78. The first-order chi connectivity index (χ1) is 9.34. The summed E-state index contributed by atoms with van der Waals surface area (Å²) >= 11 is 1.00. The van der Waals surface area contributed by atoms with Gasteiger partial charge in [-0.25, -0.2) is 4.79 Å². The van der Waals surface area contributed by atoms with Crippen molar-refractivity contribution >= 4 is 17.3 Å². The number of carboxylic acids is 1. The summed E-state index contributed by atoms with van der Waals surface area (Å²) < 4.78 is 42.9. The highest BCUT2D eigenvalue weighted by Gasteiger charge is 2.31. The molecule has 0 saturated heterocycles. The molecule has 1 heterocycles. The molecule has 0 saturated carbocycles. The van der Waals surface area contributed by atoms with Crippen molar-refractivity contribution in [3.05, 3.63) is 40.1 Å². The second-order valence-electron chi connectivity index (χ2n) is 3.88. The molecule has 0 atom stereocenters. The van der Waals surface area contributed by atoms with E-state index in [1.54, 1.807) is 11.4 Å². The van der Waals surface area contributed by atoms with E-state index in [4.69, 9.17) is 9.84 Å². The monoisotopic (exact) mass is 302 g/mol. The topological polar surface area (TPSA) is 46.5 Å². The van der Waals surface area contributed by atoms with Gasteiger partial charge in [0.1, 0.15) is 10.6 Å². The highest BCUT2D eigenvalue weighted by molar-refractivity contribution is 7.12. The number of thiophene rings is 1. The van der Waals surface area contributed by atoms with E-state index < -0.39 is 17.7 Å². The van der Waals surface area contributed by atoms with Crippen LogP contribution in [0.4, 0.5) is 13.2 Å². The Balaban J connectivity index is 2.58. The first kappa shape index (κ1) is 14.4. The maximum atomic E-state index is 12.6. The molecule has 0 aliphatic heterocycles. The van der Waals surface area contributed by atoms with E-state index in [1.807, 2.05) is 0 Å².